The molecule has 0 amide bonds. The van der Waals surface area contributed by atoms with Crippen LogP contribution in [0.4, 0.5) is 11.9 Å². The van der Waals surface area contributed by atoms with E-state index in [4.69, 9.17) is 9.72 Å². The summed E-state index contributed by atoms with van der Waals surface area (Å²) < 4.78 is 5.40. The first-order valence-electron chi connectivity index (χ1n) is 7.65. The lowest BCUT2D eigenvalue weighted by Crippen LogP contribution is -2.37. The van der Waals surface area contributed by atoms with Crippen LogP contribution in [0.5, 0.6) is 0 Å². The van der Waals surface area contributed by atoms with E-state index in [9.17, 15) is 0 Å². The molecule has 20 heavy (non-hydrogen) atoms. The number of anilines is 2. The van der Waals surface area contributed by atoms with Crippen molar-refractivity contribution >= 4 is 11.9 Å². The van der Waals surface area contributed by atoms with Gasteiger partial charge in [-0.2, -0.15) is 15.0 Å². The van der Waals surface area contributed by atoms with Crippen molar-refractivity contribution in [1.82, 2.24) is 15.0 Å². The van der Waals surface area contributed by atoms with E-state index in [0.717, 1.165) is 44.0 Å². The van der Waals surface area contributed by atoms with E-state index in [2.05, 4.69) is 27.1 Å². The molecule has 108 valence electrons. The van der Waals surface area contributed by atoms with Crippen LogP contribution >= 0.6 is 0 Å². The molecule has 1 saturated heterocycles. The molecule has 0 spiro atoms. The number of nitrogens with zero attached hydrogens (tertiary/aromatic N) is 4. The fourth-order valence-electron chi connectivity index (χ4n) is 2.61. The topological polar surface area (TPSA) is 63.2 Å². The summed E-state index contributed by atoms with van der Waals surface area (Å²) in [6.45, 7) is 5.51. The molecule has 1 aromatic rings. The molecule has 0 radical (unpaired) electrons. The Morgan fingerprint density at radius 1 is 1.15 bits per heavy atom. The van der Waals surface area contributed by atoms with Crippen LogP contribution in [0, 0.1) is 5.92 Å². The molecule has 2 unspecified atom stereocenters. The highest BCUT2D eigenvalue weighted by atomic mass is 16.5. The smallest absolute Gasteiger partial charge is 0.230 e. The lowest BCUT2D eigenvalue weighted by Gasteiger charge is -2.27. The number of hydrogen-bond donors (Lipinski definition) is 1. The summed E-state index contributed by atoms with van der Waals surface area (Å²) in [5, 5.41) is 3.41. The molecule has 2 aliphatic carbocycles. The summed E-state index contributed by atoms with van der Waals surface area (Å²) in [5.74, 6) is 3.79. The third-order valence-electron chi connectivity index (χ3n) is 4.29. The van der Waals surface area contributed by atoms with Gasteiger partial charge in [0.1, 0.15) is 5.82 Å². The molecule has 6 nitrogen and oxygen atoms in total. The summed E-state index contributed by atoms with van der Waals surface area (Å²) in [6.07, 6.45) is 3.66. The minimum atomic E-state index is 0.526. The van der Waals surface area contributed by atoms with Gasteiger partial charge in [0.15, 0.2) is 0 Å². The van der Waals surface area contributed by atoms with Crippen molar-refractivity contribution in [2.24, 2.45) is 5.92 Å². The predicted molar refractivity (Wildman–Crippen MR) is 76.0 cm³/mol. The zero-order valence-electron chi connectivity index (χ0n) is 11.9. The third-order valence-corrected chi connectivity index (χ3v) is 4.29. The average molecular weight is 275 g/mol. The van der Waals surface area contributed by atoms with Crippen molar-refractivity contribution in [2.45, 2.75) is 38.1 Å². The van der Waals surface area contributed by atoms with Gasteiger partial charge in [0, 0.05) is 25.0 Å². The predicted octanol–water partition coefficient (Wildman–Crippen LogP) is 1.41. The Labute approximate surface area is 119 Å². The highest BCUT2D eigenvalue weighted by Crippen LogP contribution is 2.45. The fourth-order valence-corrected chi connectivity index (χ4v) is 2.61. The van der Waals surface area contributed by atoms with Crippen molar-refractivity contribution in [2.75, 3.05) is 36.5 Å². The molecule has 1 N–H and O–H groups in total. The summed E-state index contributed by atoms with van der Waals surface area (Å²) >= 11 is 0. The maximum absolute atomic E-state index is 5.40. The first kappa shape index (κ1) is 12.3. The molecule has 2 atom stereocenters. The van der Waals surface area contributed by atoms with Crippen LogP contribution in [0.2, 0.25) is 0 Å². The highest BCUT2D eigenvalue weighted by molar-refractivity contribution is 5.40. The molecule has 4 rings (SSSR count). The lowest BCUT2D eigenvalue weighted by molar-refractivity contribution is 0.122. The van der Waals surface area contributed by atoms with E-state index in [1.807, 2.05) is 0 Å². The van der Waals surface area contributed by atoms with Crippen LogP contribution in [0.1, 0.15) is 37.9 Å². The summed E-state index contributed by atoms with van der Waals surface area (Å²) in [5.41, 5.74) is 0. The van der Waals surface area contributed by atoms with Crippen LogP contribution in [0.25, 0.3) is 0 Å². The molecule has 2 saturated carbocycles. The first-order valence-corrected chi connectivity index (χ1v) is 7.65. The van der Waals surface area contributed by atoms with Gasteiger partial charge in [-0.25, -0.2) is 0 Å². The molecule has 3 fully saturated rings. The minimum Gasteiger partial charge on any atom is -0.378 e. The van der Waals surface area contributed by atoms with Crippen molar-refractivity contribution < 1.29 is 4.74 Å². The SMILES string of the molecule is CC1CC1c1nc(NC2CC2)nc(N2CCOCC2)n1. The first-order chi connectivity index (χ1) is 9.79. The van der Waals surface area contributed by atoms with E-state index in [-0.39, 0.29) is 0 Å². The van der Waals surface area contributed by atoms with Gasteiger partial charge in [0.25, 0.3) is 0 Å². The minimum absolute atomic E-state index is 0.526. The normalized spacial score (nSPS) is 29.4. The van der Waals surface area contributed by atoms with Crippen molar-refractivity contribution in [3.8, 4) is 0 Å². The highest BCUT2D eigenvalue weighted by Gasteiger charge is 2.38. The maximum atomic E-state index is 5.40. The second-order valence-electron chi connectivity index (χ2n) is 6.15. The zero-order chi connectivity index (χ0) is 13.5. The number of nitrogens with one attached hydrogen (secondary N) is 1. The van der Waals surface area contributed by atoms with Gasteiger partial charge in [0.2, 0.25) is 11.9 Å². The van der Waals surface area contributed by atoms with E-state index < -0.39 is 0 Å². The van der Waals surface area contributed by atoms with Crippen LogP contribution in [-0.2, 0) is 4.74 Å². The van der Waals surface area contributed by atoms with E-state index in [0.29, 0.717) is 17.9 Å². The molecular formula is C14H21N5O. The molecule has 3 aliphatic rings. The number of aromatic nitrogens is 3. The largest absolute Gasteiger partial charge is 0.378 e. The van der Waals surface area contributed by atoms with Gasteiger partial charge in [-0.3, -0.25) is 0 Å². The Morgan fingerprint density at radius 2 is 1.90 bits per heavy atom. The zero-order valence-corrected chi connectivity index (χ0v) is 11.9. The van der Waals surface area contributed by atoms with E-state index in [1.54, 1.807) is 0 Å². The average Bonchev–Trinajstić information content (AvgIpc) is 3.38. The van der Waals surface area contributed by atoms with Gasteiger partial charge in [-0.05, 0) is 25.2 Å². The van der Waals surface area contributed by atoms with Crippen molar-refractivity contribution in [3.05, 3.63) is 5.82 Å². The molecular weight excluding hydrogens is 254 g/mol. The Bertz CT molecular complexity index is 498. The Balaban J connectivity index is 1.61. The van der Waals surface area contributed by atoms with Crippen LogP contribution in [0.3, 0.4) is 0 Å². The van der Waals surface area contributed by atoms with E-state index >= 15 is 0 Å². The van der Waals surface area contributed by atoms with Crippen molar-refractivity contribution in [1.29, 1.82) is 0 Å². The molecule has 6 heteroatoms. The lowest BCUT2D eigenvalue weighted by atomic mass is 10.3. The Kier molecular flexibility index (Phi) is 2.98. The summed E-state index contributed by atoms with van der Waals surface area (Å²) in [6, 6.07) is 0.569. The Morgan fingerprint density at radius 3 is 2.55 bits per heavy atom. The van der Waals surface area contributed by atoms with Crippen molar-refractivity contribution in [3.63, 3.8) is 0 Å². The Hall–Kier alpha value is -1.43. The van der Waals surface area contributed by atoms with Gasteiger partial charge >= 0.3 is 0 Å². The summed E-state index contributed by atoms with van der Waals surface area (Å²) in [4.78, 5) is 16.2. The molecule has 1 aliphatic heterocycles. The van der Waals surface area contributed by atoms with Gasteiger partial charge in [-0.15, -0.1) is 0 Å². The maximum Gasteiger partial charge on any atom is 0.230 e. The second kappa shape index (κ2) is 4.84. The third kappa shape index (κ3) is 2.57. The number of rotatable bonds is 4. The van der Waals surface area contributed by atoms with Crippen LogP contribution in [-0.4, -0.2) is 47.3 Å². The monoisotopic (exact) mass is 275 g/mol. The number of hydrogen-bond acceptors (Lipinski definition) is 6. The number of ether oxygens (including phenoxy) is 1. The fraction of sp³-hybridized carbons (Fsp3) is 0.786. The molecule has 0 bridgehead atoms. The van der Waals surface area contributed by atoms with E-state index in [1.165, 1.54) is 19.3 Å². The molecule has 2 heterocycles. The second-order valence-corrected chi connectivity index (χ2v) is 6.15. The molecule has 1 aromatic heterocycles. The molecule has 0 aromatic carbocycles. The van der Waals surface area contributed by atoms with Gasteiger partial charge in [-0.1, -0.05) is 6.92 Å². The van der Waals surface area contributed by atoms with Gasteiger partial charge in [0.05, 0.1) is 13.2 Å². The summed E-state index contributed by atoms with van der Waals surface area (Å²) in [7, 11) is 0. The quantitative estimate of drug-likeness (QED) is 0.896. The van der Waals surface area contributed by atoms with Crippen LogP contribution < -0.4 is 10.2 Å². The number of morpholine rings is 1. The van der Waals surface area contributed by atoms with Crippen LogP contribution in [0.15, 0.2) is 0 Å². The van der Waals surface area contributed by atoms with Gasteiger partial charge < -0.3 is 15.0 Å². The standard InChI is InChI=1S/C14H21N5O/c1-9-8-11(9)12-16-13(15-10-2-3-10)18-14(17-12)19-4-6-20-7-5-19/h9-11H,2-8H2,1H3,(H,15,16,17,18).